The van der Waals surface area contributed by atoms with Gasteiger partial charge in [0.2, 0.25) is 0 Å². The molecule has 0 radical (unpaired) electrons. The van der Waals surface area contributed by atoms with Gasteiger partial charge in [0.15, 0.2) is 11.5 Å². The van der Waals surface area contributed by atoms with Crippen molar-refractivity contribution in [1.82, 2.24) is 20.6 Å². The number of nitrogens with two attached hydrogens (primary N) is 1. The molecular formula is C17H21N5O2. The molecule has 0 aliphatic heterocycles. The van der Waals surface area contributed by atoms with Crippen LogP contribution in [-0.2, 0) is 0 Å². The highest BCUT2D eigenvalue weighted by molar-refractivity contribution is 5.97. The largest absolute Gasteiger partial charge is 0.382 e. The van der Waals surface area contributed by atoms with Crippen molar-refractivity contribution in [3.8, 4) is 11.3 Å². The SMILES string of the molecule is CNC(=O)c1nc(-c2cccc(C(=O)NC(C)(C)C)c2)cnc1N. The van der Waals surface area contributed by atoms with Crippen molar-refractivity contribution in [2.45, 2.75) is 26.3 Å². The topological polar surface area (TPSA) is 110 Å². The number of hydrogen-bond donors (Lipinski definition) is 3. The number of nitrogens with one attached hydrogen (secondary N) is 2. The van der Waals surface area contributed by atoms with Crippen LogP contribution >= 0.6 is 0 Å². The number of benzene rings is 1. The standard InChI is InChI=1S/C17H21N5O2/c1-17(2,3)22-15(23)11-7-5-6-10(8-11)12-9-20-14(18)13(21-12)16(24)19-4/h5-9H,1-4H3,(H2,18,20)(H,19,24)(H,22,23). The molecule has 0 saturated carbocycles. The third-order valence-electron chi connectivity index (χ3n) is 3.15. The number of hydrogen-bond acceptors (Lipinski definition) is 5. The highest BCUT2D eigenvalue weighted by Gasteiger charge is 2.17. The average molecular weight is 327 g/mol. The van der Waals surface area contributed by atoms with Gasteiger partial charge >= 0.3 is 0 Å². The van der Waals surface area contributed by atoms with Crippen molar-refractivity contribution in [3.05, 3.63) is 41.7 Å². The van der Waals surface area contributed by atoms with Gasteiger partial charge < -0.3 is 16.4 Å². The molecule has 7 heteroatoms. The minimum absolute atomic E-state index is 0.0551. The zero-order chi connectivity index (χ0) is 17.9. The maximum Gasteiger partial charge on any atom is 0.273 e. The van der Waals surface area contributed by atoms with E-state index in [-0.39, 0.29) is 23.0 Å². The van der Waals surface area contributed by atoms with E-state index in [1.807, 2.05) is 20.8 Å². The highest BCUT2D eigenvalue weighted by Crippen LogP contribution is 2.20. The minimum Gasteiger partial charge on any atom is -0.382 e. The number of rotatable bonds is 3. The Hall–Kier alpha value is -2.96. The molecule has 4 N–H and O–H groups in total. The van der Waals surface area contributed by atoms with Gasteiger partial charge in [0.05, 0.1) is 11.9 Å². The quantitative estimate of drug-likeness (QED) is 0.793. The van der Waals surface area contributed by atoms with Crippen LogP contribution in [0.1, 0.15) is 41.6 Å². The van der Waals surface area contributed by atoms with E-state index in [0.717, 1.165) is 0 Å². The molecule has 0 saturated heterocycles. The lowest BCUT2D eigenvalue weighted by Gasteiger charge is -2.20. The van der Waals surface area contributed by atoms with E-state index < -0.39 is 5.91 Å². The third-order valence-corrected chi connectivity index (χ3v) is 3.15. The van der Waals surface area contributed by atoms with Crippen molar-refractivity contribution in [3.63, 3.8) is 0 Å². The Morgan fingerprint density at radius 2 is 1.88 bits per heavy atom. The van der Waals surface area contributed by atoms with Crippen molar-refractivity contribution < 1.29 is 9.59 Å². The third kappa shape index (κ3) is 4.07. The number of nitrogens with zero attached hydrogens (tertiary/aromatic N) is 2. The Bertz CT molecular complexity index is 781. The lowest BCUT2D eigenvalue weighted by molar-refractivity contribution is 0.0917. The predicted octanol–water partition coefficient (Wildman–Crippen LogP) is 1.61. The summed E-state index contributed by atoms with van der Waals surface area (Å²) in [6.45, 7) is 5.74. The zero-order valence-electron chi connectivity index (χ0n) is 14.2. The number of carbonyl (C=O) groups excluding carboxylic acids is 2. The summed E-state index contributed by atoms with van der Waals surface area (Å²) >= 11 is 0. The molecule has 24 heavy (non-hydrogen) atoms. The predicted molar refractivity (Wildman–Crippen MR) is 92.5 cm³/mol. The van der Waals surface area contributed by atoms with Gasteiger partial charge in [-0.05, 0) is 32.9 Å². The molecule has 1 heterocycles. The number of amides is 2. The second kappa shape index (κ2) is 6.66. The van der Waals surface area contributed by atoms with Crippen LogP contribution in [0.25, 0.3) is 11.3 Å². The fourth-order valence-electron chi connectivity index (χ4n) is 2.06. The second-order valence-electron chi connectivity index (χ2n) is 6.35. The Kier molecular flexibility index (Phi) is 4.82. The van der Waals surface area contributed by atoms with E-state index in [9.17, 15) is 9.59 Å². The zero-order valence-corrected chi connectivity index (χ0v) is 14.2. The lowest BCUT2D eigenvalue weighted by Crippen LogP contribution is -2.40. The molecule has 0 aliphatic carbocycles. The van der Waals surface area contributed by atoms with Gasteiger partial charge in [0.1, 0.15) is 0 Å². The van der Waals surface area contributed by atoms with E-state index in [1.165, 1.54) is 13.2 Å². The van der Waals surface area contributed by atoms with E-state index in [4.69, 9.17) is 5.73 Å². The summed E-state index contributed by atoms with van der Waals surface area (Å²) in [5, 5.41) is 5.37. The molecule has 1 aromatic heterocycles. The molecule has 0 atom stereocenters. The van der Waals surface area contributed by atoms with Gasteiger partial charge in [-0.3, -0.25) is 9.59 Å². The minimum atomic E-state index is -0.413. The fourth-order valence-corrected chi connectivity index (χ4v) is 2.06. The van der Waals surface area contributed by atoms with Crippen LogP contribution in [0, 0.1) is 0 Å². The summed E-state index contributed by atoms with van der Waals surface area (Å²) in [5.74, 6) is -0.539. The molecule has 1 aromatic carbocycles. The molecule has 7 nitrogen and oxygen atoms in total. The van der Waals surface area contributed by atoms with Gasteiger partial charge in [-0.1, -0.05) is 12.1 Å². The van der Waals surface area contributed by atoms with Crippen molar-refractivity contribution in [1.29, 1.82) is 0 Å². The lowest BCUT2D eigenvalue weighted by atomic mass is 10.1. The number of nitrogen functional groups attached to an aromatic ring is 1. The first-order valence-electron chi connectivity index (χ1n) is 7.49. The molecule has 0 bridgehead atoms. The van der Waals surface area contributed by atoms with Crippen LogP contribution in [0.3, 0.4) is 0 Å². The molecule has 0 unspecified atom stereocenters. The van der Waals surface area contributed by atoms with Gasteiger partial charge in [-0.25, -0.2) is 9.97 Å². The van der Waals surface area contributed by atoms with Crippen LogP contribution in [0.2, 0.25) is 0 Å². The molecule has 0 aliphatic rings. The summed E-state index contributed by atoms with van der Waals surface area (Å²) in [6, 6.07) is 6.97. The summed E-state index contributed by atoms with van der Waals surface area (Å²) < 4.78 is 0. The fraction of sp³-hybridized carbons (Fsp3) is 0.294. The first kappa shape index (κ1) is 17.4. The van der Waals surface area contributed by atoms with Crippen LogP contribution < -0.4 is 16.4 Å². The Morgan fingerprint density at radius 3 is 2.50 bits per heavy atom. The molecule has 2 aromatic rings. The monoisotopic (exact) mass is 327 g/mol. The van der Waals surface area contributed by atoms with Crippen molar-refractivity contribution >= 4 is 17.6 Å². The molecule has 126 valence electrons. The molecule has 0 spiro atoms. The van der Waals surface area contributed by atoms with Gasteiger partial charge in [-0.2, -0.15) is 0 Å². The first-order chi connectivity index (χ1) is 11.2. The van der Waals surface area contributed by atoms with Crippen LogP contribution in [0.5, 0.6) is 0 Å². The maximum absolute atomic E-state index is 12.3. The molecule has 0 fully saturated rings. The smallest absolute Gasteiger partial charge is 0.273 e. The Morgan fingerprint density at radius 1 is 1.17 bits per heavy atom. The van der Waals surface area contributed by atoms with Gasteiger partial charge in [-0.15, -0.1) is 0 Å². The Labute approximate surface area is 140 Å². The highest BCUT2D eigenvalue weighted by atomic mass is 16.2. The van der Waals surface area contributed by atoms with Crippen molar-refractivity contribution in [2.24, 2.45) is 0 Å². The number of aromatic nitrogens is 2. The van der Waals surface area contributed by atoms with Crippen LogP contribution in [-0.4, -0.2) is 34.4 Å². The summed E-state index contributed by atoms with van der Waals surface area (Å²) in [6.07, 6.45) is 1.47. The van der Waals surface area contributed by atoms with E-state index in [1.54, 1.807) is 24.3 Å². The van der Waals surface area contributed by atoms with Crippen molar-refractivity contribution in [2.75, 3.05) is 12.8 Å². The van der Waals surface area contributed by atoms with E-state index in [0.29, 0.717) is 16.8 Å². The molecular weight excluding hydrogens is 306 g/mol. The molecule has 2 rings (SSSR count). The van der Waals surface area contributed by atoms with E-state index in [2.05, 4.69) is 20.6 Å². The summed E-state index contributed by atoms with van der Waals surface area (Å²) in [5.41, 5.74) is 7.06. The normalized spacial score (nSPS) is 11.0. The Balaban J connectivity index is 2.39. The van der Waals surface area contributed by atoms with Gasteiger partial charge in [0.25, 0.3) is 11.8 Å². The molecule has 2 amide bonds. The summed E-state index contributed by atoms with van der Waals surface area (Å²) in [4.78, 5) is 32.3. The first-order valence-corrected chi connectivity index (χ1v) is 7.49. The average Bonchev–Trinajstić information content (AvgIpc) is 2.53. The van der Waals surface area contributed by atoms with Crippen LogP contribution in [0.15, 0.2) is 30.5 Å². The summed E-state index contributed by atoms with van der Waals surface area (Å²) in [7, 11) is 1.49. The maximum atomic E-state index is 12.3. The van der Waals surface area contributed by atoms with E-state index >= 15 is 0 Å². The van der Waals surface area contributed by atoms with Gasteiger partial charge in [0, 0.05) is 23.7 Å². The van der Waals surface area contributed by atoms with Crippen LogP contribution in [0.4, 0.5) is 5.82 Å². The number of carbonyl (C=O) groups is 2. The number of anilines is 1. The second-order valence-corrected chi connectivity index (χ2v) is 6.35.